The lowest BCUT2D eigenvalue weighted by Gasteiger charge is -2.31. The molecule has 0 amide bonds. The highest BCUT2D eigenvalue weighted by molar-refractivity contribution is 5.10. The lowest BCUT2D eigenvalue weighted by atomic mass is 10.1. The molecule has 2 fully saturated rings. The Hall–Kier alpha value is -0.520. The maximum atomic E-state index is 3.49. The predicted molar refractivity (Wildman–Crippen MR) is 59.1 cm³/mol. The SMILES string of the molecule is CC#C[C@@H]1C[C@@H](N2CCCCC2)CN1. The van der Waals surface area contributed by atoms with E-state index in [0.717, 1.165) is 12.6 Å². The molecule has 2 nitrogen and oxygen atoms in total. The van der Waals surface area contributed by atoms with Crippen LogP contribution in [0.1, 0.15) is 32.6 Å². The Morgan fingerprint density at radius 1 is 1.21 bits per heavy atom. The normalized spacial score (nSPS) is 33.8. The lowest BCUT2D eigenvalue weighted by Crippen LogP contribution is -2.40. The Balaban J connectivity index is 1.83. The van der Waals surface area contributed by atoms with Crippen LogP contribution >= 0.6 is 0 Å². The van der Waals surface area contributed by atoms with E-state index in [2.05, 4.69) is 22.1 Å². The minimum atomic E-state index is 0.451. The van der Waals surface area contributed by atoms with Gasteiger partial charge in [0, 0.05) is 12.6 Å². The van der Waals surface area contributed by atoms with Crippen molar-refractivity contribution in [2.45, 2.75) is 44.7 Å². The number of hydrogen-bond acceptors (Lipinski definition) is 2. The van der Waals surface area contributed by atoms with E-state index < -0.39 is 0 Å². The van der Waals surface area contributed by atoms with Crippen LogP contribution in [-0.2, 0) is 0 Å². The third kappa shape index (κ3) is 2.29. The van der Waals surface area contributed by atoms with E-state index in [1.807, 2.05) is 6.92 Å². The van der Waals surface area contributed by atoms with Crippen LogP contribution in [0, 0.1) is 11.8 Å². The zero-order valence-electron chi connectivity index (χ0n) is 9.05. The summed E-state index contributed by atoms with van der Waals surface area (Å²) in [5.41, 5.74) is 0. The monoisotopic (exact) mass is 192 g/mol. The molecule has 14 heavy (non-hydrogen) atoms. The van der Waals surface area contributed by atoms with Gasteiger partial charge in [-0.25, -0.2) is 0 Å². The van der Waals surface area contributed by atoms with Gasteiger partial charge >= 0.3 is 0 Å². The van der Waals surface area contributed by atoms with Crippen molar-refractivity contribution in [2.24, 2.45) is 0 Å². The summed E-state index contributed by atoms with van der Waals surface area (Å²) in [5, 5.41) is 3.49. The molecular formula is C12H20N2. The number of rotatable bonds is 1. The Kier molecular flexibility index (Phi) is 3.44. The van der Waals surface area contributed by atoms with E-state index >= 15 is 0 Å². The molecule has 1 N–H and O–H groups in total. The fourth-order valence-corrected chi connectivity index (χ4v) is 2.56. The van der Waals surface area contributed by atoms with Gasteiger partial charge in [0.2, 0.25) is 0 Å². The van der Waals surface area contributed by atoms with Crippen LogP contribution in [0.25, 0.3) is 0 Å². The summed E-state index contributed by atoms with van der Waals surface area (Å²) in [6.07, 6.45) is 5.43. The minimum Gasteiger partial charge on any atom is -0.302 e. The first-order chi connectivity index (χ1) is 6.90. The second kappa shape index (κ2) is 4.82. The van der Waals surface area contributed by atoms with Gasteiger partial charge in [0.1, 0.15) is 0 Å². The van der Waals surface area contributed by atoms with Crippen LogP contribution in [0.4, 0.5) is 0 Å². The standard InChI is InChI=1S/C12H20N2/c1-2-6-11-9-12(10-13-11)14-7-4-3-5-8-14/h11-13H,3-5,7-10H2,1H3/t11-,12-/m1/s1. The summed E-state index contributed by atoms with van der Waals surface area (Å²) in [4.78, 5) is 2.65. The van der Waals surface area contributed by atoms with Crippen LogP contribution < -0.4 is 5.32 Å². The van der Waals surface area contributed by atoms with Gasteiger partial charge in [-0.15, -0.1) is 5.92 Å². The topological polar surface area (TPSA) is 15.3 Å². The second-order valence-corrected chi connectivity index (χ2v) is 4.34. The third-order valence-electron chi connectivity index (χ3n) is 3.33. The first-order valence-electron chi connectivity index (χ1n) is 5.80. The molecule has 2 heterocycles. The molecule has 0 aromatic heterocycles. The highest BCUT2D eigenvalue weighted by atomic mass is 15.2. The summed E-state index contributed by atoms with van der Waals surface area (Å²) in [6.45, 7) is 5.67. The van der Waals surface area contributed by atoms with Crippen molar-refractivity contribution in [1.29, 1.82) is 0 Å². The zero-order valence-corrected chi connectivity index (χ0v) is 9.05. The van der Waals surface area contributed by atoms with Gasteiger partial charge in [-0.3, -0.25) is 4.90 Å². The molecule has 2 aliphatic rings. The van der Waals surface area contributed by atoms with Crippen molar-refractivity contribution >= 4 is 0 Å². The molecule has 2 rings (SSSR count). The van der Waals surface area contributed by atoms with Crippen molar-refractivity contribution in [2.75, 3.05) is 19.6 Å². The van der Waals surface area contributed by atoms with Gasteiger partial charge in [-0.05, 0) is 39.3 Å². The molecule has 78 valence electrons. The molecule has 0 aromatic rings. The van der Waals surface area contributed by atoms with E-state index in [1.54, 1.807) is 0 Å². The summed E-state index contributed by atoms with van der Waals surface area (Å²) >= 11 is 0. The van der Waals surface area contributed by atoms with Gasteiger partial charge in [0.15, 0.2) is 0 Å². The van der Waals surface area contributed by atoms with Crippen molar-refractivity contribution in [1.82, 2.24) is 10.2 Å². The van der Waals surface area contributed by atoms with Crippen LogP contribution in [0.3, 0.4) is 0 Å². The molecule has 2 atom stereocenters. The minimum absolute atomic E-state index is 0.451. The van der Waals surface area contributed by atoms with Gasteiger partial charge in [-0.1, -0.05) is 12.3 Å². The molecule has 2 aliphatic heterocycles. The molecule has 2 saturated heterocycles. The van der Waals surface area contributed by atoms with Crippen molar-refractivity contribution in [3.05, 3.63) is 0 Å². The highest BCUT2D eigenvalue weighted by Crippen LogP contribution is 2.18. The van der Waals surface area contributed by atoms with E-state index in [0.29, 0.717) is 6.04 Å². The number of nitrogens with zero attached hydrogens (tertiary/aromatic N) is 1. The number of piperidine rings is 1. The Morgan fingerprint density at radius 3 is 2.71 bits per heavy atom. The quantitative estimate of drug-likeness (QED) is 0.629. The fourth-order valence-electron chi connectivity index (χ4n) is 2.56. The summed E-state index contributed by atoms with van der Waals surface area (Å²) < 4.78 is 0. The van der Waals surface area contributed by atoms with Crippen LogP contribution in [-0.4, -0.2) is 36.6 Å². The smallest absolute Gasteiger partial charge is 0.0705 e. The average Bonchev–Trinajstić information content (AvgIpc) is 2.68. The molecule has 0 saturated carbocycles. The maximum absolute atomic E-state index is 3.49. The Bertz CT molecular complexity index is 232. The molecule has 0 aromatic carbocycles. The molecule has 0 aliphatic carbocycles. The largest absolute Gasteiger partial charge is 0.302 e. The number of nitrogens with one attached hydrogen (secondary N) is 1. The van der Waals surface area contributed by atoms with Crippen LogP contribution in [0.15, 0.2) is 0 Å². The van der Waals surface area contributed by atoms with Gasteiger partial charge in [-0.2, -0.15) is 0 Å². The predicted octanol–water partition coefficient (Wildman–Crippen LogP) is 1.23. The lowest BCUT2D eigenvalue weighted by molar-refractivity contribution is 0.173. The second-order valence-electron chi connectivity index (χ2n) is 4.34. The first kappa shape index (κ1) is 10.0. The summed E-state index contributed by atoms with van der Waals surface area (Å²) in [7, 11) is 0. The van der Waals surface area contributed by atoms with Crippen LogP contribution in [0.2, 0.25) is 0 Å². The first-order valence-corrected chi connectivity index (χ1v) is 5.80. The van der Waals surface area contributed by atoms with E-state index in [9.17, 15) is 0 Å². The maximum Gasteiger partial charge on any atom is 0.0705 e. The molecule has 0 radical (unpaired) electrons. The van der Waals surface area contributed by atoms with Crippen molar-refractivity contribution < 1.29 is 0 Å². The van der Waals surface area contributed by atoms with Gasteiger partial charge < -0.3 is 5.32 Å². The van der Waals surface area contributed by atoms with Crippen molar-refractivity contribution in [3.63, 3.8) is 0 Å². The highest BCUT2D eigenvalue weighted by Gasteiger charge is 2.28. The summed E-state index contributed by atoms with van der Waals surface area (Å²) in [6, 6.07) is 1.20. The summed E-state index contributed by atoms with van der Waals surface area (Å²) in [5.74, 6) is 6.23. The van der Waals surface area contributed by atoms with Gasteiger partial charge in [0.05, 0.1) is 6.04 Å². The number of hydrogen-bond donors (Lipinski definition) is 1. The zero-order chi connectivity index (χ0) is 9.80. The van der Waals surface area contributed by atoms with Crippen LogP contribution in [0.5, 0.6) is 0 Å². The van der Waals surface area contributed by atoms with Crippen molar-refractivity contribution in [3.8, 4) is 11.8 Å². The molecule has 2 heteroatoms. The van der Waals surface area contributed by atoms with Gasteiger partial charge in [0.25, 0.3) is 0 Å². The number of likely N-dealkylation sites (tertiary alicyclic amines) is 1. The average molecular weight is 192 g/mol. The Morgan fingerprint density at radius 2 is 2.00 bits per heavy atom. The molecule has 0 spiro atoms. The molecule has 0 unspecified atom stereocenters. The van der Waals surface area contributed by atoms with E-state index in [4.69, 9.17) is 0 Å². The third-order valence-corrected chi connectivity index (χ3v) is 3.33. The fraction of sp³-hybridized carbons (Fsp3) is 0.833. The molecular weight excluding hydrogens is 172 g/mol. The Labute approximate surface area is 87.1 Å². The van der Waals surface area contributed by atoms with E-state index in [-0.39, 0.29) is 0 Å². The molecule has 0 bridgehead atoms. The van der Waals surface area contributed by atoms with E-state index in [1.165, 1.54) is 38.8 Å².